The van der Waals surface area contributed by atoms with E-state index in [9.17, 15) is 18.0 Å². The third-order valence-electron chi connectivity index (χ3n) is 4.99. The lowest BCUT2D eigenvalue weighted by atomic mass is 10.2. The third kappa shape index (κ3) is 6.12. The Morgan fingerprint density at radius 3 is 2.49 bits per heavy atom. The second-order valence-corrected chi connectivity index (χ2v) is 8.01. The Morgan fingerprint density at radius 1 is 1.06 bits per heavy atom. The molecule has 1 aromatic carbocycles. The second kappa shape index (κ2) is 9.70. The van der Waals surface area contributed by atoms with E-state index >= 15 is 0 Å². The van der Waals surface area contributed by atoms with Crippen LogP contribution >= 0.6 is 0 Å². The van der Waals surface area contributed by atoms with E-state index in [1.54, 1.807) is 28.4 Å². The number of hydrogen-bond donors (Lipinski definition) is 0. The molecule has 3 heterocycles. The van der Waals surface area contributed by atoms with Gasteiger partial charge in [-0.25, -0.2) is 9.67 Å². The first-order chi connectivity index (χ1) is 16.6. The quantitative estimate of drug-likeness (QED) is 0.372. The van der Waals surface area contributed by atoms with Crippen LogP contribution in [0.1, 0.15) is 11.4 Å². The van der Waals surface area contributed by atoms with Gasteiger partial charge in [-0.15, -0.1) is 18.3 Å². The third-order valence-corrected chi connectivity index (χ3v) is 4.99. The number of likely N-dealkylation sites (N-methyl/N-ethyl adjacent to an activating group) is 1. The Kier molecular flexibility index (Phi) is 6.69. The van der Waals surface area contributed by atoms with E-state index in [1.165, 1.54) is 18.2 Å². The summed E-state index contributed by atoms with van der Waals surface area (Å²) in [6.07, 6.45) is -2.98. The van der Waals surface area contributed by atoms with Crippen LogP contribution in [0.4, 0.5) is 13.2 Å². The van der Waals surface area contributed by atoms with Gasteiger partial charge in [-0.2, -0.15) is 4.98 Å². The molecular weight excluding hydrogens is 467 g/mol. The van der Waals surface area contributed by atoms with E-state index in [0.717, 1.165) is 24.2 Å². The van der Waals surface area contributed by atoms with Gasteiger partial charge in [0.15, 0.2) is 0 Å². The number of alkyl halides is 3. The van der Waals surface area contributed by atoms with E-state index < -0.39 is 6.36 Å². The lowest BCUT2D eigenvalue weighted by Crippen LogP contribution is -2.26. The Hall–Kier alpha value is -4.00. The van der Waals surface area contributed by atoms with Gasteiger partial charge in [-0.05, 0) is 50.8 Å². The average Bonchev–Trinajstić information content (AvgIpc) is 3.41. The van der Waals surface area contributed by atoms with E-state index in [0.29, 0.717) is 24.5 Å². The number of ether oxygens (including phenoxy) is 1. The molecule has 0 aliphatic carbocycles. The SMILES string of the molecule is Cc1nc(-c2nc(-c3ccc(OC(F)(F)F)cc3)no2)nn1Cc1ccc(=O)n(CCN(C)C)c1. The van der Waals surface area contributed by atoms with Crippen molar-refractivity contribution < 1.29 is 22.4 Å². The maximum absolute atomic E-state index is 12.3. The minimum Gasteiger partial charge on any atom is -0.406 e. The van der Waals surface area contributed by atoms with Crippen LogP contribution in [0.5, 0.6) is 5.75 Å². The molecule has 0 atom stereocenters. The van der Waals surface area contributed by atoms with Gasteiger partial charge in [-0.1, -0.05) is 11.2 Å². The molecule has 0 radical (unpaired) electrons. The number of halogens is 3. The highest BCUT2D eigenvalue weighted by Gasteiger charge is 2.31. The number of rotatable bonds is 8. The summed E-state index contributed by atoms with van der Waals surface area (Å²) in [5.74, 6) is 0.682. The largest absolute Gasteiger partial charge is 0.573 e. The van der Waals surface area contributed by atoms with Crippen molar-refractivity contribution in [3.05, 3.63) is 64.3 Å². The summed E-state index contributed by atoms with van der Waals surface area (Å²) in [6, 6.07) is 8.36. The molecule has 0 bridgehead atoms. The molecule has 0 aliphatic heterocycles. The maximum Gasteiger partial charge on any atom is 0.573 e. The van der Waals surface area contributed by atoms with Crippen molar-refractivity contribution in [2.75, 3.05) is 20.6 Å². The zero-order valence-electron chi connectivity index (χ0n) is 19.2. The lowest BCUT2D eigenvalue weighted by Gasteiger charge is -2.12. The van der Waals surface area contributed by atoms with Crippen molar-refractivity contribution >= 4 is 0 Å². The number of nitrogens with zero attached hydrogens (tertiary/aromatic N) is 7. The fourth-order valence-corrected chi connectivity index (χ4v) is 3.23. The Labute approximate surface area is 197 Å². The van der Waals surface area contributed by atoms with Crippen molar-refractivity contribution in [2.45, 2.75) is 26.4 Å². The Morgan fingerprint density at radius 2 is 1.80 bits per heavy atom. The number of hydrogen-bond acceptors (Lipinski definition) is 8. The highest BCUT2D eigenvalue weighted by molar-refractivity contribution is 5.57. The van der Waals surface area contributed by atoms with Crippen molar-refractivity contribution in [3.63, 3.8) is 0 Å². The molecule has 0 saturated carbocycles. The lowest BCUT2D eigenvalue weighted by molar-refractivity contribution is -0.274. The molecule has 0 spiro atoms. The number of aromatic nitrogens is 6. The van der Waals surface area contributed by atoms with Gasteiger partial charge in [-0.3, -0.25) is 4.79 Å². The molecule has 0 amide bonds. The normalized spacial score (nSPS) is 11.9. The van der Waals surface area contributed by atoms with Crippen LogP contribution in [0, 0.1) is 6.92 Å². The molecule has 4 aromatic rings. The zero-order chi connectivity index (χ0) is 25.2. The van der Waals surface area contributed by atoms with Gasteiger partial charge >= 0.3 is 6.36 Å². The minimum absolute atomic E-state index is 0.0634. The Bertz CT molecular complexity index is 1360. The molecule has 0 fully saturated rings. The van der Waals surface area contributed by atoms with Gasteiger partial charge in [0.05, 0.1) is 6.54 Å². The van der Waals surface area contributed by atoms with Gasteiger partial charge in [0.2, 0.25) is 11.6 Å². The summed E-state index contributed by atoms with van der Waals surface area (Å²) >= 11 is 0. The van der Waals surface area contributed by atoms with Gasteiger partial charge in [0.1, 0.15) is 11.6 Å². The van der Waals surface area contributed by atoms with E-state index in [1.807, 2.05) is 19.0 Å². The zero-order valence-corrected chi connectivity index (χ0v) is 19.2. The number of pyridine rings is 1. The minimum atomic E-state index is -4.77. The van der Waals surface area contributed by atoms with Crippen LogP contribution in [0.3, 0.4) is 0 Å². The molecule has 13 heteroatoms. The fraction of sp³-hybridized carbons (Fsp3) is 0.318. The molecule has 35 heavy (non-hydrogen) atoms. The molecule has 4 rings (SSSR count). The summed E-state index contributed by atoms with van der Waals surface area (Å²) in [4.78, 5) is 22.7. The molecule has 3 aromatic heterocycles. The summed E-state index contributed by atoms with van der Waals surface area (Å²) in [5.41, 5.74) is 1.23. The Balaban J connectivity index is 1.50. The van der Waals surface area contributed by atoms with Crippen LogP contribution in [-0.4, -0.2) is 61.4 Å². The molecular formula is C22H22F3N7O3. The fourth-order valence-electron chi connectivity index (χ4n) is 3.23. The molecule has 0 N–H and O–H groups in total. The van der Waals surface area contributed by atoms with Crippen LogP contribution in [0.15, 0.2) is 51.9 Å². The van der Waals surface area contributed by atoms with E-state index in [4.69, 9.17) is 4.52 Å². The topological polar surface area (TPSA) is 104 Å². The summed E-state index contributed by atoms with van der Waals surface area (Å²) < 4.78 is 49.4. The van der Waals surface area contributed by atoms with E-state index in [2.05, 4.69) is 25.0 Å². The summed E-state index contributed by atoms with van der Waals surface area (Å²) in [6.45, 7) is 3.45. The van der Waals surface area contributed by atoms with Crippen molar-refractivity contribution in [3.8, 4) is 28.9 Å². The monoisotopic (exact) mass is 489 g/mol. The van der Waals surface area contributed by atoms with Gasteiger partial charge in [0.25, 0.3) is 11.4 Å². The highest BCUT2D eigenvalue weighted by Crippen LogP contribution is 2.26. The molecule has 0 unspecified atom stereocenters. The standard InChI is InChI=1S/C22H22F3N7O3/c1-14-26-20(28-32(14)13-15-4-9-18(33)31(12-15)11-10-30(2)3)21-27-19(29-35-21)16-5-7-17(8-6-16)34-22(23,24)25/h4-9,12H,10-11,13H2,1-3H3. The van der Waals surface area contributed by atoms with Crippen molar-refractivity contribution in [2.24, 2.45) is 0 Å². The van der Waals surface area contributed by atoms with Gasteiger partial charge in [0, 0.05) is 30.9 Å². The second-order valence-electron chi connectivity index (χ2n) is 8.01. The number of aryl methyl sites for hydroxylation is 1. The van der Waals surface area contributed by atoms with Gasteiger partial charge < -0.3 is 18.7 Å². The molecule has 0 saturated heterocycles. The highest BCUT2D eigenvalue weighted by atomic mass is 19.4. The first kappa shape index (κ1) is 24.1. The predicted octanol–water partition coefficient (Wildman–Crippen LogP) is 2.97. The average molecular weight is 489 g/mol. The first-order valence-corrected chi connectivity index (χ1v) is 10.5. The van der Waals surface area contributed by atoms with Crippen LogP contribution in [0.25, 0.3) is 23.1 Å². The van der Waals surface area contributed by atoms with Crippen LogP contribution in [0.2, 0.25) is 0 Å². The molecule has 10 nitrogen and oxygen atoms in total. The summed E-state index contributed by atoms with van der Waals surface area (Å²) in [7, 11) is 3.88. The van der Waals surface area contributed by atoms with Crippen molar-refractivity contribution in [1.82, 2.24) is 34.4 Å². The smallest absolute Gasteiger partial charge is 0.406 e. The van der Waals surface area contributed by atoms with Crippen LogP contribution in [-0.2, 0) is 13.1 Å². The maximum atomic E-state index is 12.3. The van der Waals surface area contributed by atoms with E-state index in [-0.39, 0.29) is 28.8 Å². The molecule has 184 valence electrons. The van der Waals surface area contributed by atoms with Crippen molar-refractivity contribution in [1.29, 1.82) is 0 Å². The predicted molar refractivity (Wildman–Crippen MR) is 119 cm³/mol. The van der Waals surface area contributed by atoms with Crippen LogP contribution < -0.4 is 10.3 Å². The first-order valence-electron chi connectivity index (χ1n) is 10.5. The number of benzene rings is 1. The summed E-state index contributed by atoms with van der Waals surface area (Å²) in [5, 5.41) is 8.30. The molecule has 0 aliphatic rings.